The summed E-state index contributed by atoms with van der Waals surface area (Å²) in [5.41, 5.74) is 1.21. The number of rotatable bonds is 13. The molecule has 1 aliphatic rings. The molecule has 0 saturated heterocycles. The van der Waals surface area contributed by atoms with Crippen molar-refractivity contribution in [1.82, 2.24) is 10.1 Å². The number of pyridine rings is 1. The first kappa shape index (κ1) is 33.4. The van der Waals surface area contributed by atoms with E-state index in [0.717, 1.165) is 15.6 Å². The summed E-state index contributed by atoms with van der Waals surface area (Å²) in [6.45, 7) is 5.02. The lowest BCUT2D eigenvalue weighted by molar-refractivity contribution is -0.144. The predicted octanol–water partition coefficient (Wildman–Crippen LogP) is 4.89. The molecule has 1 aromatic carbocycles. The number of carbonyl (C=O) groups is 2. The Bertz CT molecular complexity index is 1880. The van der Waals surface area contributed by atoms with Crippen molar-refractivity contribution in [3.63, 3.8) is 0 Å². The van der Waals surface area contributed by atoms with Crippen LogP contribution >= 0.6 is 22.9 Å². The zero-order valence-corrected chi connectivity index (χ0v) is 27.8. The molecular weight excluding hydrogens is 666 g/mol. The Hall–Kier alpha value is -3.96. The van der Waals surface area contributed by atoms with E-state index in [2.05, 4.69) is 10.1 Å². The largest absolute Gasteiger partial charge is 0.466 e. The summed E-state index contributed by atoms with van der Waals surface area (Å²) < 4.78 is 68.9. The van der Waals surface area contributed by atoms with Gasteiger partial charge in [0.15, 0.2) is 23.9 Å². The van der Waals surface area contributed by atoms with Crippen LogP contribution in [0.15, 0.2) is 39.9 Å². The Morgan fingerprint density at radius 2 is 1.91 bits per heavy atom. The molecule has 0 bridgehead atoms. The van der Waals surface area contributed by atoms with E-state index in [0.29, 0.717) is 27.5 Å². The van der Waals surface area contributed by atoms with Crippen molar-refractivity contribution in [2.45, 2.75) is 51.4 Å². The number of hydrogen-bond acceptors (Lipinski definition) is 14. The second-order valence-corrected chi connectivity index (χ2v) is 13.2. The van der Waals surface area contributed by atoms with Gasteiger partial charge in [0, 0.05) is 44.5 Å². The molecular formula is C29H30ClN3O11S2. The summed E-state index contributed by atoms with van der Waals surface area (Å²) in [5.74, 6) is -0.662. The fraction of sp³-hybridized carbons (Fsp3) is 0.379. The molecule has 3 aromatic heterocycles. The molecule has 0 amide bonds. The number of hydrogen-bond donors (Lipinski definition) is 0. The van der Waals surface area contributed by atoms with E-state index in [-0.39, 0.29) is 51.6 Å². The molecule has 0 aliphatic carbocycles. The summed E-state index contributed by atoms with van der Waals surface area (Å²) in [5, 5.41) is 4.04. The van der Waals surface area contributed by atoms with Gasteiger partial charge in [-0.15, -0.1) is 11.3 Å². The van der Waals surface area contributed by atoms with Crippen LogP contribution in [0.1, 0.15) is 48.6 Å². The lowest BCUT2D eigenvalue weighted by Crippen LogP contribution is -2.35. The van der Waals surface area contributed by atoms with Gasteiger partial charge in [0.2, 0.25) is 6.79 Å². The van der Waals surface area contributed by atoms with Gasteiger partial charge in [-0.3, -0.25) is 9.59 Å². The number of aryl methyl sites for hydroxylation is 1. The fourth-order valence-electron chi connectivity index (χ4n) is 4.65. The molecule has 0 spiro atoms. The normalized spacial score (nSPS) is 13.9. The Labute approximate surface area is 273 Å². The minimum atomic E-state index is -4.63. The van der Waals surface area contributed by atoms with Crippen LogP contribution in [0.2, 0.25) is 5.02 Å². The number of ether oxygens (including phenoxy) is 6. The van der Waals surface area contributed by atoms with Crippen LogP contribution in [0.5, 0.6) is 11.5 Å². The van der Waals surface area contributed by atoms with Crippen LogP contribution in [0.3, 0.4) is 0 Å². The van der Waals surface area contributed by atoms with Crippen LogP contribution in [-0.4, -0.2) is 64.0 Å². The number of thiophene rings is 1. The highest BCUT2D eigenvalue weighted by Crippen LogP contribution is 2.47. The van der Waals surface area contributed by atoms with Gasteiger partial charge in [-0.05, 0) is 43.7 Å². The summed E-state index contributed by atoms with van der Waals surface area (Å²) in [6, 6.07) is 6.47. The summed E-state index contributed by atoms with van der Waals surface area (Å²) >= 11 is 7.48. The number of sulfonamides is 1. The van der Waals surface area contributed by atoms with Gasteiger partial charge < -0.3 is 32.9 Å². The number of esters is 2. The Kier molecular flexibility index (Phi) is 10.0. The molecule has 14 nitrogen and oxygen atoms in total. The number of nitrogens with zero attached hydrogens (tertiary/aromatic N) is 3. The van der Waals surface area contributed by atoms with Crippen LogP contribution in [0, 0.1) is 6.92 Å². The average molecular weight is 696 g/mol. The summed E-state index contributed by atoms with van der Waals surface area (Å²) in [7, 11) is -3.23. The number of carbonyl (C=O) groups excluding carboxylic acids is 2. The number of methoxy groups -OCH3 is 1. The van der Waals surface area contributed by atoms with E-state index >= 15 is 0 Å². The number of fused-ring (bicyclic) bond motifs is 2. The smallest absolute Gasteiger partial charge is 0.303 e. The van der Waals surface area contributed by atoms with Crippen molar-refractivity contribution >= 4 is 61.0 Å². The third kappa shape index (κ3) is 6.76. The van der Waals surface area contributed by atoms with E-state index in [1.165, 1.54) is 27.2 Å². The van der Waals surface area contributed by atoms with Crippen LogP contribution in [-0.2, 0) is 45.0 Å². The quantitative estimate of drug-likeness (QED) is 0.137. The molecule has 1 aliphatic heterocycles. The molecule has 2 unspecified atom stereocenters. The molecule has 4 aromatic rings. The highest BCUT2D eigenvalue weighted by molar-refractivity contribution is 7.93. The molecule has 46 heavy (non-hydrogen) atoms. The maximum absolute atomic E-state index is 14.8. The van der Waals surface area contributed by atoms with E-state index in [1.54, 1.807) is 38.1 Å². The van der Waals surface area contributed by atoms with Crippen LogP contribution < -0.4 is 13.8 Å². The number of anilines is 1. The van der Waals surface area contributed by atoms with E-state index in [4.69, 9.17) is 44.5 Å². The van der Waals surface area contributed by atoms with Crippen LogP contribution in [0.25, 0.3) is 10.2 Å². The standard InChI is InChI=1S/C29H30ClN3O11S2/c1-15-24(30)29(44-32-15)33(13-40-18(4)38-5)46(36,37)27-20-7-6-9-31-28(20)45-26(27)25(43-17(3)35)21-12-23-22(41-14-42-23)11-19(21)8-10-39-16(2)34/h6-7,9,11-12,18,25H,8,10,13-14H2,1-5H3. The average Bonchev–Trinajstić information content (AvgIpc) is 3.72. The summed E-state index contributed by atoms with van der Waals surface area (Å²) in [4.78, 5) is 28.8. The molecule has 0 N–H and O–H groups in total. The topological polar surface area (TPSA) is 166 Å². The minimum absolute atomic E-state index is 0.0000399. The monoisotopic (exact) mass is 695 g/mol. The van der Waals surface area contributed by atoms with E-state index in [1.807, 2.05) is 0 Å². The number of halogens is 1. The third-order valence-corrected chi connectivity index (χ3v) is 10.4. The maximum Gasteiger partial charge on any atom is 0.303 e. The Morgan fingerprint density at radius 3 is 2.57 bits per heavy atom. The van der Waals surface area contributed by atoms with Gasteiger partial charge in [-0.1, -0.05) is 16.8 Å². The lowest BCUT2D eigenvalue weighted by atomic mass is 9.97. The first-order chi connectivity index (χ1) is 21.9. The molecule has 17 heteroatoms. The number of aromatic nitrogens is 2. The first-order valence-electron chi connectivity index (χ1n) is 13.8. The van der Waals surface area contributed by atoms with Crippen molar-refractivity contribution in [1.29, 1.82) is 0 Å². The van der Waals surface area contributed by atoms with Crippen molar-refractivity contribution < 1.29 is 51.0 Å². The van der Waals surface area contributed by atoms with Gasteiger partial charge in [0.1, 0.15) is 27.2 Å². The van der Waals surface area contributed by atoms with Gasteiger partial charge in [0.25, 0.3) is 15.9 Å². The first-order valence-corrected chi connectivity index (χ1v) is 16.4. The number of benzene rings is 1. The van der Waals surface area contributed by atoms with Gasteiger partial charge >= 0.3 is 11.9 Å². The highest BCUT2D eigenvalue weighted by atomic mass is 35.5. The molecule has 0 saturated carbocycles. The van der Waals surface area contributed by atoms with Crippen molar-refractivity contribution in [2.75, 3.05) is 31.5 Å². The second kappa shape index (κ2) is 13.8. The Balaban J connectivity index is 1.74. The van der Waals surface area contributed by atoms with Crippen molar-refractivity contribution in [3.8, 4) is 11.5 Å². The lowest BCUT2D eigenvalue weighted by Gasteiger charge is -2.25. The van der Waals surface area contributed by atoms with Gasteiger partial charge in [-0.2, -0.15) is 0 Å². The highest BCUT2D eigenvalue weighted by Gasteiger charge is 2.40. The second-order valence-electron chi connectivity index (χ2n) is 9.98. The Morgan fingerprint density at radius 1 is 1.17 bits per heavy atom. The SMILES string of the molecule is COC(C)OCN(c1onc(C)c1Cl)S(=O)(=O)c1c(C(OC(C)=O)c2cc3c(cc2CCOC(C)=O)OCO3)sc2ncccc12. The third-order valence-electron chi connectivity index (χ3n) is 6.87. The molecule has 246 valence electrons. The van der Waals surface area contributed by atoms with E-state index in [9.17, 15) is 18.0 Å². The molecule has 5 rings (SSSR count). The fourth-order valence-corrected chi connectivity index (χ4v) is 8.03. The summed E-state index contributed by atoms with van der Waals surface area (Å²) in [6.07, 6.45) is -0.377. The zero-order chi connectivity index (χ0) is 33.2. The molecule has 4 heterocycles. The zero-order valence-electron chi connectivity index (χ0n) is 25.4. The maximum atomic E-state index is 14.8. The molecule has 2 atom stereocenters. The van der Waals surface area contributed by atoms with Crippen molar-refractivity contribution in [2.24, 2.45) is 0 Å². The van der Waals surface area contributed by atoms with Gasteiger partial charge in [0.05, 0.1) is 11.5 Å². The molecule has 0 radical (unpaired) electrons. The van der Waals surface area contributed by atoms with E-state index < -0.39 is 41.1 Å². The molecule has 0 fully saturated rings. The van der Waals surface area contributed by atoms with Gasteiger partial charge in [-0.25, -0.2) is 17.7 Å². The minimum Gasteiger partial charge on any atom is -0.466 e. The van der Waals surface area contributed by atoms with Crippen molar-refractivity contribution in [3.05, 3.63) is 57.2 Å². The van der Waals surface area contributed by atoms with Crippen LogP contribution in [0.4, 0.5) is 5.88 Å². The predicted molar refractivity (Wildman–Crippen MR) is 164 cm³/mol.